The minimum Gasteiger partial charge on any atom is -0.493 e. The molecule has 0 saturated carbocycles. The molecule has 0 spiro atoms. The largest absolute Gasteiger partial charge is 0.493 e. The minimum atomic E-state index is -0.440. The van der Waals surface area contributed by atoms with Crippen LogP contribution < -0.4 is 19.5 Å². The van der Waals surface area contributed by atoms with Gasteiger partial charge < -0.3 is 18.6 Å². The van der Waals surface area contributed by atoms with Gasteiger partial charge in [0.25, 0.3) is 5.91 Å². The predicted molar refractivity (Wildman–Crippen MR) is 109 cm³/mol. The maximum atomic E-state index is 12.2. The van der Waals surface area contributed by atoms with Crippen LogP contribution in [0.25, 0.3) is 17.5 Å². The second-order valence-electron chi connectivity index (χ2n) is 5.70. The predicted octanol–water partition coefficient (Wildman–Crippen LogP) is 4.07. The van der Waals surface area contributed by atoms with Crippen LogP contribution in [0.3, 0.4) is 0 Å². The molecule has 3 aromatic rings. The van der Waals surface area contributed by atoms with Gasteiger partial charge in [0.2, 0.25) is 11.6 Å². The maximum absolute atomic E-state index is 12.2. The van der Waals surface area contributed by atoms with Crippen molar-refractivity contribution in [3.05, 3.63) is 53.1 Å². The van der Waals surface area contributed by atoms with Gasteiger partial charge in [0, 0.05) is 16.7 Å². The minimum absolute atomic E-state index is 0.0190. The van der Waals surface area contributed by atoms with Crippen LogP contribution in [0.2, 0.25) is 5.02 Å². The van der Waals surface area contributed by atoms with E-state index < -0.39 is 5.91 Å². The molecule has 8 nitrogen and oxygen atoms in total. The molecule has 0 unspecified atom stereocenters. The molecule has 0 bridgehead atoms. The van der Waals surface area contributed by atoms with Crippen molar-refractivity contribution in [1.82, 2.24) is 10.2 Å². The molecule has 0 aliphatic rings. The Morgan fingerprint density at radius 2 is 1.69 bits per heavy atom. The van der Waals surface area contributed by atoms with E-state index in [0.29, 0.717) is 33.4 Å². The van der Waals surface area contributed by atoms with E-state index in [-0.39, 0.29) is 11.9 Å². The molecule has 29 heavy (non-hydrogen) atoms. The van der Waals surface area contributed by atoms with Gasteiger partial charge in [-0.2, -0.15) is 0 Å². The van der Waals surface area contributed by atoms with Gasteiger partial charge in [-0.15, -0.1) is 5.10 Å². The highest BCUT2D eigenvalue weighted by molar-refractivity contribution is 6.30. The third-order valence-electron chi connectivity index (χ3n) is 3.86. The van der Waals surface area contributed by atoms with Gasteiger partial charge in [0.05, 0.1) is 21.3 Å². The lowest BCUT2D eigenvalue weighted by atomic mass is 10.1. The molecule has 1 N–H and O–H groups in total. The number of hydrogen-bond donors (Lipinski definition) is 1. The number of hydrogen-bond acceptors (Lipinski definition) is 7. The van der Waals surface area contributed by atoms with Crippen LogP contribution in [0, 0.1) is 0 Å². The summed E-state index contributed by atoms with van der Waals surface area (Å²) in [5, 5.41) is 10.8. The van der Waals surface area contributed by atoms with Gasteiger partial charge >= 0.3 is 6.01 Å². The van der Waals surface area contributed by atoms with Crippen molar-refractivity contribution in [3.63, 3.8) is 0 Å². The number of anilines is 1. The zero-order chi connectivity index (χ0) is 20.8. The van der Waals surface area contributed by atoms with Gasteiger partial charge in [-0.1, -0.05) is 16.7 Å². The Hall–Kier alpha value is -3.52. The van der Waals surface area contributed by atoms with E-state index >= 15 is 0 Å². The fraction of sp³-hybridized carbons (Fsp3) is 0.150. The van der Waals surface area contributed by atoms with E-state index in [9.17, 15) is 4.79 Å². The molecule has 150 valence electrons. The first-order chi connectivity index (χ1) is 14.0. The molecule has 0 aliphatic heterocycles. The number of nitrogens with zero attached hydrogens (tertiary/aromatic N) is 2. The Balaban J connectivity index is 1.71. The van der Waals surface area contributed by atoms with Crippen molar-refractivity contribution in [2.75, 3.05) is 26.6 Å². The summed E-state index contributed by atoms with van der Waals surface area (Å²) in [5.74, 6) is 1.26. The molecule has 1 amide bonds. The number of amides is 1. The summed E-state index contributed by atoms with van der Waals surface area (Å²) in [6.45, 7) is 0. The number of nitrogens with one attached hydrogen (secondary N) is 1. The number of benzene rings is 2. The van der Waals surface area contributed by atoms with Crippen molar-refractivity contribution in [2.45, 2.75) is 0 Å². The number of methoxy groups -OCH3 is 3. The van der Waals surface area contributed by atoms with Crippen molar-refractivity contribution in [3.8, 4) is 28.7 Å². The van der Waals surface area contributed by atoms with Crippen LogP contribution in [-0.4, -0.2) is 37.4 Å². The number of carbonyl (C=O) groups is 1. The van der Waals surface area contributed by atoms with Crippen molar-refractivity contribution in [1.29, 1.82) is 0 Å². The summed E-state index contributed by atoms with van der Waals surface area (Å²) in [4.78, 5) is 12.2. The molecular formula is C20H18ClN3O5. The smallest absolute Gasteiger partial charge is 0.322 e. The van der Waals surface area contributed by atoms with Crippen LogP contribution >= 0.6 is 11.6 Å². The van der Waals surface area contributed by atoms with Crippen LogP contribution in [0.5, 0.6) is 17.2 Å². The molecule has 0 radical (unpaired) electrons. The summed E-state index contributed by atoms with van der Waals surface area (Å²) >= 11 is 5.86. The molecule has 3 rings (SSSR count). The normalized spacial score (nSPS) is 10.8. The van der Waals surface area contributed by atoms with Gasteiger partial charge in [0.15, 0.2) is 11.5 Å². The number of halogens is 1. The molecule has 1 heterocycles. The molecule has 0 aliphatic carbocycles. The summed E-state index contributed by atoms with van der Waals surface area (Å²) < 4.78 is 21.3. The molecule has 2 aromatic carbocycles. The highest BCUT2D eigenvalue weighted by atomic mass is 35.5. The molecule has 0 saturated heterocycles. The highest BCUT2D eigenvalue weighted by Crippen LogP contribution is 2.38. The SMILES string of the molecule is COc1cc(/C=C/C(=O)Nc2nnc(-c3ccc(Cl)cc3)o2)cc(OC)c1OC. The van der Waals surface area contributed by atoms with Crippen molar-refractivity contribution >= 4 is 29.6 Å². The molecule has 0 atom stereocenters. The molecule has 0 fully saturated rings. The molecule has 9 heteroatoms. The zero-order valence-corrected chi connectivity index (χ0v) is 16.7. The lowest BCUT2D eigenvalue weighted by Gasteiger charge is -2.12. The average Bonchev–Trinajstić information content (AvgIpc) is 3.20. The van der Waals surface area contributed by atoms with Gasteiger partial charge in [0.1, 0.15) is 0 Å². The Bertz CT molecular complexity index is 1010. The topological polar surface area (TPSA) is 95.7 Å². The Labute approximate surface area is 172 Å². The first-order valence-electron chi connectivity index (χ1n) is 8.42. The number of rotatable bonds is 7. The fourth-order valence-corrected chi connectivity index (χ4v) is 2.63. The second kappa shape index (κ2) is 9.11. The van der Waals surface area contributed by atoms with E-state index in [2.05, 4.69) is 15.5 Å². The van der Waals surface area contributed by atoms with E-state index in [1.165, 1.54) is 27.4 Å². The summed E-state index contributed by atoms with van der Waals surface area (Å²) in [6.07, 6.45) is 2.92. The third kappa shape index (κ3) is 4.85. The van der Waals surface area contributed by atoms with Crippen LogP contribution in [0.15, 0.2) is 46.9 Å². The fourth-order valence-electron chi connectivity index (χ4n) is 2.50. The second-order valence-corrected chi connectivity index (χ2v) is 6.14. The Morgan fingerprint density at radius 3 is 2.28 bits per heavy atom. The lowest BCUT2D eigenvalue weighted by molar-refractivity contribution is -0.112. The first kappa shape index (κ1) is 20.2. The van der Waals surface area contributed by atoms with E-state index in [0.717, 1.165) is 0 Å². The van der Waals surface area contributed by atoms with E-state index in [1.54, 1.807) is 42.5 Å². The third-order valence-corrected chi connectivity index (χ3v) is 4.11. The van der Waals surface area contributed by atoms with E-state index in [1.807, 2.05) is 0 Å². The monoisotopic (exact) mass is 415 g/mol. The molecular weight excluding hydrogens is 398 g/mol. The summed E-state index contributed by atoms with van der Waals surface area (Å²) in [6, 6.07) is 10.3. The number of aromatic nitrogens is 2. The summed E-state index contributed by atoms with van der Waals surface area (Å²) in [5.41, 5.74) is 1.37. The maximum Gasteiger partial charge on any atom is 0.322 e. The van der Waals surface area contributed by atoms with Crippen molar-refractivity contribution in [2.24, 2.45) is 0 Å². The van der Waals surface area contributed by atoms with Gasteiger partial charge in [-0.05, 0) is 48.0 Å². The number of ether oxygens (including phenoxy) is 3. The van der Waals surface area contributed by atoms with Gasteiger partial charge in [-0.25, -0.2) is 0 Å². The van der Waals surface area contributed by atoms with Gasteiger partial charge in [-0.3, -0.25) is 10.1 Å². The van der Waals surface area contributed by atoms with Crippen LogP contribution in [0.1, 0.15) is 5.56 Å². The highest BCUT2D eigenvalue weighted by Gasteiger charge is 2.13. The Morgan fingerprint density at radius 1 is 1.03 bits per heavy atom. The number of carbonyl (C=O) groups excluding carboxylic acids is 1. The van der Waals surface area contributed by atoms with E-state index in [4.69, 9.17) is 30.2 Å². The molecule has 1 aromatic heterocycles. The summed E-state index contributed by atoms with van der Waals surface area (Å²) in [7, 11) is 4.56. The lowest BCUT2D eigenvalue weighted by Crippen LogP contribution is -2.07. The van der Waals surface area contributed by atoms with Crippen LogP contribution in [-0.2, 0) is 4.79 Å². The van der Waals surface area contributed by atoms with Crippen molar-refractivity contribution < 1.29 is 23.4 Å². The zero-order valence-electron chi connectivity index (χ0n) is 15.9. The average molecular weight is 416 g/mol. The first-order valence-corrected chi connectivity index (χ1v) is 8.80. The standard InChI is InChI=1S/C20H18ClN3O5/c1-26-15-10-12(11-16(27-2)18(15)28-3)4-9-17(25)22-20-24-23-19(29-20)13-5-7-14(21)8-6-13/h4-11H,1-3H3,(H,22,24,25)/b9-4+. The Kier molecular flexibility index (Phi) is 6.36. The quantitative estimate of drug-likeness (QED) is 0.581. The van der Waals surface area contributed by atoms with Crippen LogP contribution in [0.4, 0.5) is 6.01 Å².